The molecule has 3 rings (SSSR count). The van der Waals surface area contributed by atoms with Crippen LogP contribution in [0.3, 0.4) is 0 Å². The minimum atomic E-state index is -0.235. The molecule has 26 heavy (non-hydrogen) atoms. The molecule has 1 N–H and O–H groups in total. The maximum absolute atomic E-state index is 12.5. The molecule has 6 nitrogen and oxygen atoms in total. The topological polar surface area (TPSA) is 65.5 Å². The van der Waals surface area contributed by atoms with Gasteiger partial charge in [-0.15, -0.1) is 0 Å². The van der Waals surface area contributed by atoms with Crippen molar-refractivity contribution in [3.8, 4) is 0 Å². The molecule has 2 heterocycles. The van der Waals surface area contributed by atoms with Gasteiger partial charge in [-0.25, -0.2) is 0 Å². The molecule has 136 valence electrons. The number of benzene rings is 1. The number of amides is 2. The van der Waals surface area contributed by atoms with E-state index in [1.54, 1.807) is 24.4 Å². The zero-order valence-corrected chi connectivity index (χ0v) is 15.4. The highest BCUT2D eigenvalue weighted by Gasteiger charge is 2.24. The fourth-order valence-corrected chi connectivity index (χ4v) is 3.33. The van der Waals surface area contributed by atoms with Gasteiger partial charge in [-0.2, -0.15) is 0 Å². The molecule has 1 saturated heterocycles. The predicted molar refractivity (Wildman–Crippen MR) is 103 cm³/mol. The number of carbonyl (C=O) groups excluding carboxylic acids is 2. The second kappa shape index (κ2) is 8.19. The van der Waals surface area contributed by atoms with Crippen molar-refractivity contribution in [2.75, 3.05) is 36.4 Å². The van der Waals surface area contributed by atoms with Gasteiger partial charge in [-0.05, 0) is 24.3 Å². The molecule has 2 amide bonds. The summed E-state index contributed by atoms with van der Waals surface area (Å²) in [4.78, 5) is 32.3. The summed E-state index contributed by atoms with van der Waals surface area (Å²) in [5, 5.41) is 3.50. The van der Waals surface area contributed by atoms with Crippen molar-refractivity contribution in [1.29, 1.82) is 0 Å². The lowest BCUT2D eigenvalue weighted by Crippen LogP contribution is -2.48. The molecule has 0 radical (unpaired) electrons. The maximum Gasteiger partial charge on any atom is 0.257 e. The van der Waals surface area contributed by atoms with E-state index in [0.29, 0.717) is 48.9 Å². The number of nitrogens with one attached hydrogen (secondary N) is 1. The number of piperazine rings is 1. The Labute approximate surface area is 157 Å². The summed E-state index contributed by atoms with van der Waals surface area (Å²) in [6, 6.07) is 8.88. The van der Waals surface area contributed by atoms with Crippen LogP contribution in [0.1, 0.15) is 23.7 Å². The molecule has 1 aromatic carbocycles. The van der Waals surface area contributed by atoms with Crippen LogP contribution in [0.2, 0.25) is 5.02 Å². The van der Waals surface area contributed by atoms with E-state index in [2.05, 4.69) is 15.2 Å². The molecule has 0 atom stereocenters. The first-order valence-electron chi connectivity index (χ1n) is 8.62. The van der Waals surface area contributed by atoms with Crippen molar-refractivity contribution in [3.63, 3.8) is 0 Å². The second-order valence-corrected chi connectivity index (χ2v) is 6.46. The Morgan fingerprint density at radius 3 is 2.58 bits per heavy atom. The van der Waals surface area contributed by atoms with Gasteiger partial charge in [0.25, 0.3) is 5.91 Å². The lowest BCUT2D eigenvalue weighted by molar-refractivity contribution is -0.131. The summed E-state index contributed by atoms with van der Waals surface area (Å²) in [6.07, 6.45) is 3.66. The minimum Gasteiger partial charge on any atom is -0.365 e. The fraction of sp³-hybridized carbons (Fsp3) is 0.316. The standard InChI is InChI=1S/C19H21ClN4O2/c1-2-17(25)23-9-11-24(12-10-23)18-15(20)6-3-7-16(18)22-19(26)14-5-4-8-21-13-14/h3-8,13H,2,9-12H2,1H3,(H,22,26). The number of hydrogen-bond donors (Lipinski definition) is 1. The lowest BCUT2D eigenvalue weighted by Gasteiger charge is -2.37. The first-order chi connectivity index (χ1) is 12.6. The van der Waals surface area contributed by atoms with Crippen LogP contribution in [0, 0.1) is 0 Å². The Bertz CT molecular complexity index is 789. The quantitative estimate of drug-likeness (QED) is 0.895. The highest BCUT2D eigenvalue weighted by molar-refractivity contribution is 6.34. The number of halogens is 1. The normalized spacial score (nSPS) is 14.2. The Morgan fingerprint density at radius 2 is 1.92 bits per heavy atom. The summed E-state index contributed by atoms with van der Waals surface area (Å²) in [7, 11) is 0. The highest BCUT2D eigenvalue weighted by atomic mass is 35.5. The molecule has 1 aliphatic heterocycles. The van der Waals surface area contributed by atoms with Crippen molar-refractivity contribution in [2.45, 2.75) is 13.3 Å². The molecule has 7 heteroatoms. The zero-order valence-electron chi connectivity index (χ0n) is 14.6. The van der Waals surface area contributed by atoms with E-state index < -0.39 is 0 Å². The van der Waals surface area contributed by atoms with Crippen molar-refractivity contribution < 1.29 is 9.59 Å². The molecule has 0 saturated carbocycles. The van der Waals surface area contributed by atoms with Gasteiger partial charge >= 0.3 is 0 Å². The Morgan fingerprint density at radius 1 is 1.15 bits per heavy atom. The van der Waals surface area contributed by atoms with E-state index in [4.69, 9.17) is 11.6 Å². The van der Waals surface area contributed by atoms with Gasteiger partial charge < -0.3 is 15.1 Å². The van der Waals surface area contributed by atoms with Crippen LogP contribution in [-0.2, 0) is 4.79 Å². The Balaban J connectivity index is 1.78. The first kappa shape index (κ1) is 18.2. The van der Waals surface area contributed by atoms with Crippen LogP contribution in [0.25, 0.3) is 0 Å². The van der Waals surface area contributed by atoms with Crippen LogP contribution in [-0.4, -0.2) is 47.9 Å². The second-order valence-electron chi connectivity index (χ2n) is 6.05. The van der Waals surface area contributed by atoms with E-state index in [9.17, 15) is 9.59 Å². The van der Waals surface area contributed by atoms with Crippen LogP contribution in [0.4, 0.5) is 11.4 Å². The third-order valence-electron chi connectivity index (χ3n) is 4.41. The van der Waals surface area contributed by atoms with Gasteiger partial charge in [0, 0.05) is 45.0 Å². The summed E-state index contributed by atoms with van der Waals surface area (Å²) < 4.78 is 0. The number of pyridine rings is 1. The number of para-hydroxylation sites is 1. The lowest BCUT2D eigenvalue weighted by atomic mass is 10.2. The molecule has 0 spiro atoms. The average molecular weight is 373 g/mol. The van der Waals surface area contributed by atoms with E-state index in [0.717, 1.165) is 5.69 Å². The van der Waals surface area contributed by atoms with Crippen LogP contribution < -0.4 is 10.2 Å². The van der Waals surface area contributed by atoms with E-state index >= 15 is 0 Å². The molecule has 1 aromatic heterocycles. The van der Waals surface area contributed by atoms with Crippen LogP contribution >= 0.6 is 11.6 Å². The van der Waals surface area contributed by atoms with Gasteiger partial charge in [0.15, 0.2) is 0 Å². The summed E-state index contributed by atoms with van der Waals surface area (Å²) in [6.45, 7) is 4.51. The number of hydrogen-bond acceptors (Lipinski definition) is 4. The number of aromatic nitrogens is 1. The van der Waals surface area contributed by atoms with Gasteiger partial charge in [0.2, 0.25) is 5.91 Å². The summed E-state index contributed by atoms with van der Waals surface area (Å²) in [5.41, 5.74) is 1.92. The number of anilines is 2. The SMILES string of the molecule is CCC(=O)N1CCN(c2c(Cl)cccc2NC(=O)c2cccnc2)CC1. The largest absolute Gasteiger partial charge is 0.365 e. The van der Waals surface area contributed by atoms with Gasteiger partial charge in [0.1, 0.15) is 0 Å². The monoisotopic (exact) mass is 372 g/mol. The zero-order chi connectivity index (χ0) is 18.5. The maximum atomic E-state index is 12.5. The average Bonchev–Trinajstić information content (AvgIpc) is 2.68. The number of nitrogens with zero attached hydrogens (tertiary/aromatic N) is 3. The molecule has 0 bridgehead atoms. The third-order valence-corrected chi connectivity index (χ3v) is 4.71. The fourth-order valence-electron chi connectivity index (χ4n) is 3.03. The number of carbonyl (C=O) groups is 2. The van der Waals surface area contributed by atoms with E-state index in [1.165, 1.54) is 6.20 Å². The third kappa shape index (κ3) is 3.96. The van der Waals surface area contributed by atoms with E-state index in [-0.39, 0.29) is 11.8 Å². The van der Waals surface area contributed by atoms with Crippen molar-refractivity contribution in [3.05, 3.63) is 53.3 Å². The summed E-state index contributed by atoms with van der Waals surface area (Å²) >= 11 is 6.43. The van der Waals surface area contributed by atoms with Gasteiger partial charge in [-0.1, -0.05) is 24.6 Å². The van der Waals surface area contributed by atoms with Crippen molar-refractivity contribution in [2.24, 2.45) is 0 Å². The highest BCUT2D eigenvalue weighted by Crippen LogP contribution is 2.34. The van der Waals surface area contributed by atoms with E-state index in [1.807, 2.05) is 24.0 Å². The molecule has 0 aliphatic carbocycles. The molecule has 1 fully saturated rings. The van der Waals surface area contributed by atoms with Crippen LogP contribution in [0.15, 0.2) is 42.7 Å². The molecular formula is C19H21ClN4O2. The molecule has 1 aliphatic rings. The molecule has 0 unspecified atom stereocenters. The van der Waals surface area contributed by atoms with Gasteiger partial charge in [0.05, 0.1) is 22.0 Å². The van der Waals surface area contributed by atoms with Crippen molar-refractivity contribution >= 4 is 34.8 Å². The number of rotatable bonds is 4. The van der Waals surface area contributed by atoms with Crippen LogP contribution in [0.5, 0.6) is 0 Å². The molecule has 2 aromatic rings. The first-order valence-corrected chi connectivity index (χ1v) is 9.00. The Hall–Kier alpha value is -2.60. The smallest absolute Gasteiger partial charge is 0.257 e. The minimum absolute atomic E-state index is 0.161. The predicted octanol–water partition coefficient (Wildman–Crippen LogP) is 3.05. The van der Waals surface area contributed by atoms with Crippen molar-refractivity contribution in [1.82, 2.24) is 9.88 Å². The van der Waals surface area contributed by atoms with Gasteiger partial charge in [-0.3, -0.25) is 14.6 Å². The molecular weight excluding hydrogens is 352 g/mol. The Kier molecular flexibility index (Phi) is 5.73. The summed E-state index contributed by atoms with van der Waals surface area (Å²) in [5.74, 6) is -0.0738.